The van der Waals surface area contributed by atoms with Crippen LogP contribution in [-0.2, 0) is 5.41 Å². The molecule has 2 aliphatic rings. The van der Waals surface area contributed by atoms with Crippen LogP contribution in [0.3, 0.4) is 0 Å². The van der Waals surface area contributed by atoms with Crippen molar-refractivity contribution in [2.75, 3.05) is 4.90 Å². The van der Waals surface area contributed by atoms with Crippen molar-refractivity contribution in [3.8, 4) is 11.5 Å². The molecule has 0 unspecified atom stereocenters. The second kappa shape index (κ2) is 5.78. The lowest BCUT2D eigenvalue weighted by Gasteiger charge is -2.45. The summed E-state index contributed by atoms with van der Waals surface area (Å²) in [4.78, 5) is 2.34. The maximum atomic E-state index is 6.64. The van der Waals surface area contributed by atoms with Crippen LogP contribution in [0.4, 0.5) is 17.1 Å². The molecule has 2 nitrogen and oxygen atoms in total. The molecule has 0 saturated carbocycles. The topological polar surface area (TPSA) is 12.5 Å². The summed E-state index contributed by atoms with van der Waals surface area (Å²) in [5, 5.41) is 2.97. The van der Waals surface area contributed by atoms with E-state index in [1.165, 1.54) is 16.5 Å². The summed E-state index contributed by atoms with van der Waals surface area (Å²) in [6.45, 7) is 4.53. The van der Waals surface area contributed by atoms with Crippen LogP contribution in [0.2, 0.25) is 5.02 Å². The number of fused-ring (bicyclic) bond motifs is 6. The first-order valence-electron chi connectivity index (χ1n) is 9.59. The lowest BCUT2D eigenvalue weighted by atomic mass is 9.73. The van der Waals surface area contributed by atoms with Gasteiger partial charge in [0.1, 0.15) is 0 Å². The van der Waals surface area contributed by atoms with Crippen LogP contribution in [0, 0.1) is 0 Å². The average molecular weight is 463 g/mol. The summed E-state index contributed by atoms with van der Waals surface area (Å²) in [5.74, 6) is 1.55. The Morgan fingerprint density at radius 2 is 1.69 bits per heavy atom. The minimum Gasteiger partial charge on any atom is -0.451 e. The van der Waals surface area contributed by atoms with Gasteiger partial charge in [-0.1, -0.05) is 83.8 Å². The van der Waals surface area contributed by atoms with E-state index in [0.29, 0.717) is 5.02 Å². The highest BCUT2D eigenvalue weighted by Gasteiger charge is 2.42. The first-order valence-corrected chi connectivity index (χ1v) is 10.8. The second-order valence-corrected chi connectivity index (χ2v) is 9.45. The number of ether oxygens (including phenoxy) is 1. The van der Waals surface area contributed by atoms with Crippen LogP contribution in [0.25, 0.3) is 10.8 Å². The lowest BCUT2D eigenvalue weighted by Crippen LogP contribution is -2.32. The summed E-state index contributed by atoms with van der Waals surface area (Å²) < 4.78 is 7.46. The van der Waals surface area contributed by atoms with E-state index in [4.69, 9.17) is 16.3 Å². The van der Waals surface area contributed by atoms with Crippen molar-refractivity contribution in [3.05, 3.63) is 87.4 Å². The first-order chi connectivity index (χ1) is 14.0. The molecule has 0 aliphatic carbocycles. The number of rotatable bonds is 0. The summed E-state index contributed by atoms with van der Waals surface area (Å²) in [6, 6.07) is 23.2. The third kappa shape index (κ3) is 2.23. The molecule has 4 heteroatoms. The molecular weight excluding hydrogens is 446 g/mol. The van der Waals surface area contributed by atoms with Crippen molar-refractivity contribution < 1.29 is 4.74 Å². The number of hydrogen-bond acceptors (Lipinski definition) is 2. The molecule has 0 aromatic heterocycles. The molecule has 0 radical (unpaired) electrons. The first kappa shape index (κ1) is 17.4. The highest BCUT2D eigenvalue weighted by atomic mass is 79.9. The smallest absolute Gasteiger partial charge is 0.170 e. The molecule has 142 valence electrons. The largest absolute Gasteiger partial charge is 0.451 e. The van der Waals surface area contributed by atoms with Crippen LogP contribution < -0.4 is 9.64 Å². The van der Waals surface area contributed by atoms with Gasteiger partial charge in [-0.3, -0.25) is 0 Å². The molecule has 2 heterocycles. The Morgan fingerprint density at radius 1 is 0.897 bits per heavy atom. The Labute approximate surface area is 182 Å². The second-order valence-electron chi connectivity index (χ2n) is 8.13. The van der Waals surface area contributed by atoms with E-state index >= 15 is 0 Å². The Hall–Kier alpha value is -2.49. The van der Waals surface area contributed by atoms with Gasteiger partial charge in [-0.2, -0.15) is 0 Å². The fraction of sp³-hybridized carbons (Fsp3) is 0.120. The summed E-state index contributed by atoms with van der Waals surface area (Å²) in [7, 11) is 0. The fourth-order valence-corrected chi connectivity index (χ4v) is 5.28. The van der Waals surface area contributed by atoms with Gasteiger partial charge in [0, 0.05) is 15.3 Å². The van der Waals surface area contributed by atoms with Crippen LogP contribution in [0.15, 0.2) is 71.2 Å². The number of nitrogens with zero attached hydrogens (tertiary/aromatic N) is 1. The van der Waals surface area contributed by atoms with Gasteiger partial charge in [0.15, 0.2) is 11.5 Å². The maximum absolute atomic E-state index is 6.64. The Balaban J connectivity index is 1.81. The number of hydrogen-bond donors (Lipinski definition) is 0. The van der Waals surface area contributed by atoms with E-state index in [-0.39, 0.29) is 5.41 Å². The molecule has 4 aromatic rings. The average Bonchev–Trinajstić information content (AvgIpc) is 2.71. The Kier molecular flexibility index (Phi) is 3.46. The molecule has 0 fully saturated rings. The van der Waals surface area contributed by atoms with E-state index in [9.17, 15) is 0 Å². The Bertz CT molecular complexity index is 1340. The van der Waals surface area contributed by atoms with Crippen molar-refractivity contribution in [3.63, 3.8) is 0 Å². The molecule has 4 aromatic carbocycles. The Morgan fingerprint density at radius 3 is 2.55 bits per heavy atom. The normalized spacial score (nSPS) is 15.4. The zero-order valence-corrected chi connectivity index (χ0v) is 18.3. The van der Waals surface area contributed by atoms with Gasteiger partial charge in [-0.25, -0.2) is 0 Å². The summed E-state index contributed by atoms with van der Waals surface area (Å²) in [6.07, 6.45) is 0. The van der Waals surface area contributed by atoms with Crippen molar-refractivity contribution in [1.29, 1.82) is 0 Å². The highest BCUT2D eigenvalue weighted by molar-refractivity contribution is 9.10. The van der Waals surface area contributed by atoms with Gasteiger partial charge in [0.2, 0.25) is 0 Å². The fourth-order valence-electron chi connectivity index (χ4n) is 4.74. The van der Waals surface area contributed by atoms with Crippen LogP contribution in [-0.4, -0.2) is 0 Å². The van der Waals surface area contributed by atoms with Crippen molar-refractivity contribution >= 4 is 55.4 Å². The molecule has 0 saturated heterocycles. The monoisotopic (exact) mass is 461 g/mol. The number of halogens is 2. The predicted octanol–water partition coefficient (Wildman–Crippen LogP) is 8.47. The van der Waals surface area contributed by atoms with Crippen LogP contribution in [0.1, 0.15) is 25.0 Å². The van der Waals surface area contributed by atoms with Gasteiger partial charge < -0.3 is 9.64 Å². The standard InChI is InChI=1S/C25H17BrClNO/c1-25(2)17-9-8-15(26)13-20(17)28-22-16-6-4-3-5-14(16)7-12-21(22)29-24-19(27)11-10-18(25)23(24)28/h3-13H,1-2H3. The van der Waals surface area contributed by atoms with Crippen LogP contribution >= 0.6 is 27.5 Å². The van der Waals surface area contributed by atoms with Crippen molar-refractivity contribution in [2.45, 2.75) is 19.3 Å². The lowest BCUT2D eigenvalue weighted by molar-refractivity contribution is 0.472. The van der Waals surface area contributed by atoms with Gasteiger partial charge >= 0.3 is 0 Å². The summed E-state index contributed by atoms with van der Waals surface area (Å²) in [5.41, 5.74) is 5.58. The van der Waals surface area contributed by atoms with Gasteiger partial charge in [-0.15, -0.1) is 0 Å². The zero-order chi connectivity index (χ0) is 19.9. The van der Waals surface area contributed by atoms with E-state index in [1.54, 1.807) is 0 Å². The highest BCUT2D eigenvalue weighted by Crippen LogP contribution is 2.62. The third-order valence-electron chi connectivity index (χ3n) is 6.15. The minimum absolute atomic E-state index is 0.174. The van der Waals surface area contributed by atoms with E-state index in [2.05, 4.69) is 89.3 Å². The molecule has 0 N–H and O–H groups in total. The molecule has 0 spiro atoms. The van der Waals surface area contributed by atoms with E-state index in [0.717, 1.165) is 38.4 Å². The van der Waals surface area contributed by atoms with Gasteiger partial charge in [0.05, 0.1) is 22.1 Å². The molecule has 0 amide bonds. The molecule has 0 atom stereocenters. The molecule has 6 rings (SSSR count). The molecule has 29 heavy (non-hydrogen) atoms. The maximum Gasteiger partial charge on any atom is 0.170 e. The third-order valence-corrected chi connectivity index (χ3v) is 6.94. The minimum atomic E-state index is -0.174. The summed E-state index contributed by atoms with van der Waals surface area (Å²) >= 11 is 10.3. The van der Waals surface area contributed by atoms with Gasteiger partial charge in [-0.05, 0) is 40.8 Å². The van der Waals surface area contributed by atoms with Gasteiger partial charge in [0.25, 0.3) is 0 Å². The van der Waals surface area contributed by atoms with E-state index in [1.807, 2.05) is 12.1 Å². The van der Waals surface area contributed by atoms with Crippen molar-refractivity contribution in [2.24, 2.45) is 0 Å². The predicted molar refractivity (Wildman–Crippen MR) is 124 cm³/mol. The molecule has 0 bridgehead atoms. The quantitative estimate of drug-likeness (QED) is 0.229. The number of benzene rings is 4. The molecule has 2 aliphatic heterocycles. The van der Waals surface area contributed by atoms with E-state index < -0.39 is 0 Å². The molecular formula is C25H17BrClNO. The van der Waals surface area contributed by atoms with Crippen LogP contribution in [0.5, 0.6) is 11.5 Å². The zero-order valence-electron chi connectivity index (χ0n) is 16.0. The van der Waals surface area contributed by atoms with Crippen molar-refractivity contribution in [1.82, 2.24) is 0 Å². The number of anilines is 3. The SMILES string of the molecule is CC1(C)c2ccc(Br)cc2N2c3c1ccc(Cl)c3Oc1ccc3ccccc3c12.